The fourth-order valence-corrected chi connectivity index (χ4v) is 4.96. The Labute approximate surface area is 195 Å². The summed E-state index contributed by atoms with van der Waals surface area (Å²) in [6, 6.07) is 3.81. The summed E-state index contributed by atoms with van der Waals surface area (Å²) >= 11 is 1.38. The van der Waals surface area contributed by atoms with Crippen LogP contribution in [0.25, 0.3) is 0 Å². The molecule has 2 aromatic rings. The first kappa shape index (κ1) is 26.5. The number of benzene rings is 1. The van der Waals surface area contributed by atoms with Gasteiger partial charge in [0.1, 0.15) is 24.0 Å². The first-order valence-electron chi connectivity index (χ1n) is 11.0. The molecule has 0 radical (unpaired) electrons. The van der Waals surface area contributed by atoms with Crippen molar-refractivity contribution >= 4 is 25.6 Å². The van der Waals surface area contributed by atoms with Crippen LogP contribution in [0.2, 0.25) is 18.1 Å². The lowest BCUT2D eigenvalue weighted by molar-refractivity contribution is 0.0772. The van der Waals surface area contributed by atoms with Gasteiger partial charge >= 0.3 is 0 Å². The lowest BCUT2D eigenvalue weighted by atomic mass is 10.1. The highest BCUT2D eigenvalue weighted by Crippen LogP contribution is 2.36. The predicted molar refractivity (Wildman–Crippen MR) is 129 cm³/mol. The average molecular weight is 484 g/mol. The van der Waals surface area contributed by atoms with Crippen LogP contribution in [-0.4, -0.2) is 45.4 Å². The van der Waals surface area contributed by atoms with Gasteiger partial charge < -0.3 is 14.1 Å². The molecular formula is C24H35F2NO3SSi. The standard InChI is InChI=1S/C24H35F2NO3SSi/c1-8-27(9-2)23(28)18-10-13-31-22(18)16-19-20(26)14-17(25)15-21(19)29-11-12-30-32(6,7)24(3,4)5/h10,13-15H,8-9,11-12,16H2,1-7H3. The summed E-state index contributed by atoms with van der Waals surface area (Å²) in [4.78, 5) is 15.3. The molecule has 0 atom stereocenters. The van der Waals surface area contributed by atoms with Gasteiger partial charge in [0.25, 0.3) is 5.91 Å². The Hall–Kier alpha value is -1.77. The van der Waals surface area contributed by atoms with Gasteiger partial charge in [-0.25, -0.2) is 8.78 Å². The van der Waals surface area contributed by atoms with E-state index in [2.05, 4.69) is 33.9 Å². The van der Waals surface area contributed by atoms with Crippen LogP contribution in [0.1, 0.15) is 55.4 Å². The third-order valence-electron chi connectivity index (χ3n) is 6.09. The van der Waals surface area contributed by atoms with Crippen LogP contribution in [-0.2, 0) is 10.8 Å². The second-order valence-corrected chi connectivity index (χ2v) is 15.0. The number of carbonyl (C=O) groups excluding carboxylic acids is 1. The third kappa shape index (κ3) is 6.39. The van der Waals surface area contributed by atoms with Crippen molar-refractivity contribution in [1.82, 2.24) is 4.90 Å². The highest BCUT2D eigenvalue weighted by Gasteiger charge is 2.37. The molecule has 0 aliphatic carbocycles. The minimum absolute atomic E-state index is 0.0656. The van der Waals surface area contributed by atoms with Crippen LogP contribution >= 0.6 is 11.3 Å². The van der Waals surface area contributed by atoms with E-state index in [4.69, 9.17) is 9.16 Å². The van der Waals surface area contributed by atoms with Crippen LogP contribution in [0.4, 0.5) is 8.78 Å². The van der Waals surface area contributed by atoms with Gasteiger partial charge in [0, 0.05) is 42.1 Å². The molecule has 0 bridgehead atoms. The molecule has 2 rings (SSSR count). The van der Waals surface area contributed by atoms with Gasteiger partial charge in [-0.1, -0.05) is 20.8 Å². The highest BCUT2D eigenvalue weighted by molar-refractivity contribution is 7.10. The largest absolute Gasteiger partial charge is 0.491 e. The number of halogens is 2. The maximum Gasteiger partial charge on any atom is 0.254 e. The second kappa shape index (κ2) is 10.9. The van der Waals surface area contributed by atoms with E-state index < -0.39 is 20.0 Å². The zero-order chi connectivity index (χ0) is 24.1. The smallest absolute Gasteiger partial charge is 0.254 e. The maximum atomic E-state index is 14.7. The van der Waals surface area contributed by atoms with E-state index in [1.54, 1.807) is 11.0 Å². The molecule has 0 saturated carbocycles. The van der Waals surface area contributed by atoms with Crippen molar-refractivity contribution in [2.45, 2.75) is 59.2 Å². The second-order valence-electron chi connectivity index (χ2n) is 9.23. The highest BCUT2D eigenvalue weighted by atomic mass is 32.1. The summed E-state index contributed by atoms with van der Waals surface area (Å²) < 4.78 is 40.6. The van der Waals surface area contributed by atoms with E-state index in [-0.39, 0.29) is 35.3 Å². The summed E-state index contributed by atoms with van der Waals surface area (Å²) in [7, 11) is -1.94. The van der Waals surface area contributed by atoms with Gasteiger partial charge in [0.2, 0.25) is 0 Å². The number of hydrogen-bond acceptors (Lipinski definition) is 4. The summed E-state index contributed by atoms with van der Waals surface area (Å²) in [5.41, 5.74) is 0.796. The van der Waals surface area contributed by atoms with E-state index in [1.165, 1.54) is 17.4 Å². The Morgan fingerprint density at radius 2 is 1.78 bits per heavy atom. The van der Waals surface area contributed by atoms with Gasteiger partial charge in [0.15, 0.2) is 8.32 Å². The molecule has 0 aliphatic heterocycles. The Morgan fingerprint density at radius 1 is 1.12 bits per heavy atom. The summed E-state index contributed by atoms with van der Waals surface area (Å²) in [5, 5.41) is 1.89. The average Bonchev–Trinajstić information content (AvgIpc) is 3.16. The van der Waals surface area contributed by atoms with Crippen molar-refractivity contribution in [2.24, 2.45) is 0 Å². The lowest BCUT2D eigenvalue weighted by Crippen LogP contribution is -2.41. The minimum Gasteiger partial charge on any atom is -0.491 e. The predicted octanol–water partition coefficient (Wildman–Crippen LogP) is 6.50. The molecule has 178 valence electrons. The van der Waals surface area contributed by atoms with E-state index in [0.29, 0.717) is 25.3 Å². The molecule has 0 fully saturated rings. The number of rotatable bonds is 10. The van der Waals surface area contributed by atoms with E-state index >= 15 is 0 Å². The van der Waals surface area contributed by atoms with Gasteiger partial charge in [-0.05, 0) is 43.4 Å². The molecule has 1 aromatic heterocycles. The van der Waals surface area contributed by atoms with Crippen LogP contribution in [0, 0.1) is 11.6 Å². The molecular weight excluding hydrogens is 448 g/mol. The van der Waals surface area contributed by atoms with E-state index in [1.807, 2.05) is 19.2 Å². The SMILES string of the molecule is CCN(CC)C(=O)c1ccsc1Cc1c(F)cc(F)cc1OCCO[Si](C)(C)C(C)(C)C. The molecule has 0 unspecified atom stereocenters. The molecule has 0 spiro atoms. The topological polar surface area (TPSA) is 38.8 Å². The monoisotopic (exact) mass is 483 g/mol. The first-order chi connectivity index (χ1) is 14.9. The molecule has 1 amide bonds. The van der Waals surface area contributed by atoms with Crippen LogP contribution in [0.15, 0.2) is 23.6 Å². The Bertz CT molecular complexity index is 920. The van der Waals surface area contributed by atoms with Crippen molar-refractivity contribution in [2.75, 3.05) is 26.3 Å². The first-order valence-corrected chi connectivity index (χ1v) is 14.8. The summed E-state index contributed by atoms with van der Waals surface area (Å²) in [5.74, 6) is -1.31. The number of amides is 1. The minimum atomic E-state index is -1.94. The van der Waals surface area contributed by atoms with Crippen molar-refractivity contribution in [3.05, 3.63) is 51.2 Å². The fraction of sp³-hybridized carbons (Fsp3) is 0.542. The zero-order valence-electron chi connectivity index (χ0n) is 20.2. The van der Waals surface area contributed by atoms with E-state index in [9.17, 15) is 13.6 Å². The molecule has 0 aliphatic rings. The Morgan fingerprint density at radius 3 is 2.38 bits per heavy atom. The lowest BCUT2D eigenvalue weighted by Gasteiger charge is -2.36. The van der Waals surface area contributed by atoms with Crippen LogP contribution in [0.5, 0.6) is 5.75 Å². The third-order valence-corrected chi connectivity index (χ3v) is 11.6. The van der Waals surface area contributed by atoms with Crippen molar-refractivity contribution in [3.63, 3.8) is 0 Å². The Balaban J connectivity index is 2.19. The molecule has 0 saturated heterocycles. The molecule has 1 heterocycles. The van der Waals surface area contributed by atoms with Crippen molar-refractivity contribution < 1.29 is 22.7 Å². The van der Waals surface area contributed by atoms with Crippen molar-refractivity contribution in [1.29, 1.82) is 0 Å². The van der Waals surface area contributed by atoms with Gasteiger partial charge in [-0.15, -0.1) is 11.3 Å². The summed E-state index contributed by atoms with van der Waals surface area (Å²) in [6.45, 7) is 16.3. The molecule has 0 N–H and O–H groups in total. The number of nitrogens with zero attached hydrogens (tertiary/aromatic N) is 1. The molecule has 32 heavy (non-hydrogen) atoms. The normalized spacial score (nSPS) is 12.2. The molecule has 1 aromatic carbocycles. The zero-order valence-corrected chi connectivity index (χ0v) is 22.0. The van der Waals surface area contributed by atoms with Gasteiger partial charge in [-0.2, -0.15) is 0 Å². The maximum absolute atomic E-state index is 14.7. The molecule has 4 nitrogen and oxygen atoms in total. The van der Waals surface area contributed by atoms with Gasteiger partial charge in [0.05, 0.1) is 12.2 Å². The van der Waals surface area contributed by atoms with Crippen LogP contribution < -0.4 is 4.74 Å². The molecule has 8 heteroatoms. The fourth-order valence-electron chi connectivity index (χ4n) is 3.05. The number of carbonyl (C=O) groups is 1. The Kier molecular flexibility index (Phi) is 9.02. The quantitative estimate of drug-likeness (QED) is 0.286. The number of thiophene rings is 1. The number of ether oxygens (including phenoxy) is 1. The van der Waals surface area contributed by atoms with Gasteiger partial charge in [-0.3, -0.25) is 4.79 Å². The summed E-state index contributed by atoms with van der Waals surface area (Å²) in [6.07, 6.45) is 0.157. The number of hydrogen-bond donors (Lipinski definition) is 0. The van der Waals surface area contributed by atoms with E-state index in [0.717, 1.165) is 10.9 Å². The van der Waals surface area contributed by atoms with Crippen LogP contribution in [0.3, 0.4) is 0 Å². The van der Waals surface area contributed by atoms with Crippen molar-refractivity contribution in [3.8, 4) is 5.75 Å².